The molecule has 0 aromatic heterocycles. The summed E-state index contributed by atoms with van der Waals surface area (Å²) in [6, 6.07) is -0.366. The van der Waals surface area contributed by atoms with Gasteiger partial charge >= 0.3 is 5.97 Å². The number of esters is 1. The summed E-state index contributed by atoms with van der Waals surface area (Å²) in [7, 11) is 1.41. The molecular formula is C18H30N2O4. The molecule has 136 valence electrons. The Morgan fingerprint density at radius 1 is 1.12 bits per heavy atom. The molecule has 2 fully saturated rings. The maximum Gasteiger partial charge on any atom is 0.306 e. The van der Waals surface area contributed by atoms with E-state index in [0.717, 1.165) is 44.9 Å². The van der Waals surface area contributed by atoms with Crippen LogP contribution < -0.4 is 5.32 Å². The molecule has 6 heteroatoms. The van der Waals surface area contributed by atoms with Gasteiger partial charge in [-0.1, -0.05) is 19.3 Å². The van der Waals surface area contributed by atoms with Crippen molar-refractivity contribution in [2.45, 2.75) is 70.8 Å². The highest BCUT2D eigenvalue weighted by Gasteiger charge is 2.37. The molecule has 1 N–H and O–H groups in total. The van der Waals surface area contributed by atoms with Gasteiger partial charge in [0.2, 0.25) is 11.8 Å². The summed E-state index contributed by atoms with van der Waals surface area (Å²) in [6.45, 7) is 2.66. The minimum absolute atomic E-state index is 0.0446. The van der Waals surface area contributed by atoms with Crippen LogP contribution in [0.1, 0.15) is 64.7 Å². The Morgan fingerprint density at radius 2 is 1.83 bits per heavy atom. The third kappa shape index (κ3) is 4.71. The van der Waals surface area contributed by atoms with Crippen LogP contribution >= 0.6 is 0 Å². The maximum atomic E-state index is 12.6. The summed E-state index contributed by atoms with van der Waals surface area (Å²) in [5, 5.41) is 3.04. The minimum atomic E-state index is -0.366. The van der Waals surface area contributed by atoms with Gasteiger partial charge in [-0.05, 0) is 37.5 Å². The molecular weight excluding hydrogens is 308 g/mol. The Hall–Kier alpha value is -1.59. The number of ether oxygens (including phenoxy) is 1. The van der Waals surface area contributed by atoms with E-state index in [1.165, 1.54) is 20.5 Å². The fourth-order valence-electron chi connectivity index (χ4n) is 4.07. The van der Waals surface area contributed by atoms with Crippen LogP contribution in [0.5, 0.6) is 0 Å². The molecule has 1 heterocycles. The van der Waals surface area contributed by atoms with Gasteiger partial charge in [0.05, 0.1) is 13.5 Å². The summed E-state index contributed by atoms with van der Waals surface area (Å²) in [6.07, 6.45) is 8.20. The van der Waals surface area contributed by atoms with Crippen molar-refractivity contribution in [1.82, 2.24) is 10.2 Å². The Morgan fingerprint density at radius 3 is 2.46 bits per heavy atom. The van der Waals surface area contributed by atoms with Crippen molar-refractivity contribution in [3.05, 3.63) is 0 Å². The molecule has 0 radical (unpaired) electrons. The van der Waals surface area contributed by atoms with Crippen LogP contribution in [0.2, 0.25) is 0 Å². The summed E-state index contributed by atoms with van der Waals surface area (Å²) in [5.41, 5.74) is -0.198. The molecule has 1 saturated heterocycles. The van der Waals surface area contributed by atoms with Gasteiger partial charge in [0.15, 0.2) is 0 Å². The summed E-state index contributed by atoms with van der Waals surface area (Å²) >= 11 is 0. The van der Waals surface area contributed by atoms with E-state index >= 15 is 0 Å². The maximum absolute atomic E-state index is 12.6. The number of piperidine rings is 1. The van der Waals surface area contributed by atoms with Crippen LogP contribution in [0, 0.1) is 5.41 Å². The van der Waals surface area contributed by atoms with Crippen molar-refractivity contribution in [3.63, 3.8) is 0 Å². The first kappa shape index (κ1) is 18.7. The normalized spacial score (nSPS) is 23.4. The van der Waals surface area contributed by atoms with E-state index in [0.29, 0.717) is 19.5 Å². The van der Waals surface area contributed by atoms with Gasteiger partial charge in [0, 0.05) is 20.0 Å². The molecule has 1 unspecified atom stereocenters. The number of hydrogen-bond acceptors (Lipinski definition) is 4. The molecule has 24 heavy (non-hydrogen) atoms. The number of nitrogens with one attached hydrogen (secondary N) is 1. The molecule has 1 aliphatic heterocycles. The van der Waals surface area contributed by atoms with Crippen molar-refractivity contribution < 1.29 is 19.1 Å². The van der Waals surface area contributed by atoms with Gasteiger partial charge in [-0.25, -0.2) is 0 Å². The largest absolute Gasteiger partial charge is 0.469 e. The SMILES string of the molecule is COC(=O)CC1(CNC(=O)C2CCCCN2C(C)=O)CCCCC1. The molecule has 0 aromatic rings. The number of carbonyl (C=O) groups excluding carboxylic acids is 3. The first-order valence-electron chi connectivity index (χ1n) is 9.09. The number of methoxy groups -OCH3 is 1. The molecule has 2 aliphatic rings. The second-order valence-corrected chi connectivity index (χ2v) is 7.26. The molecule has 0 aromatic carbocycles. The van der Waals surface area contributed by atoms with Gasteiger partial charge in [-0.2, -0.15) is 0 Å². The fourth-order valence-corrected chi connectivity index (χ4v) is 4.07. The smallest absolute Gasteiger partial charge is 0.306 e. The molecule has 6 nitrogen and oxygen atoms in total. The van der Waals surface area contributed by atoms with Gasteiger partial charge in [-0.15, -0.1) is 0 Å². The number of amides is 2. The van der Waals surface area contributed by atoms with Crippen molar-refractivity contribution in [3.8, 4) is 0 Å². The Labute approximate surface area is 144 Å². The zero-order chi connectivity index (χ0) is 17.6. The molecule has 0 spiro atoms. The van der Waals surface area contributed by atoms with E-state index in [4.69, 9.17) is 4.74 Å². The third-order valence-corrected chi connectivity index (χ3v) is 5.51. The Bertz CT molecular complexity index is 472. The molecule has 1 atom stereocenters. The first-order valence-corrected chi connectivity index (χ1v) is 9.09. The van der Waals surface area contributed by atoms with Crippen molar-refractivity contribution in [2.24, 2.45) is 5.41 Å². The van der Waals surface area contributed by atoms with E-state index in [9.17, 15) is 14.4 Å². The lowest BCUT2D eigenvalue weighted by atomic mass is 9.71. The predicted octanol–water partition coefficient (Wildman–Crippen LogP) is 2.02. The fraction of sp³-hybridized carbons (Fsp3) is 0.833. The van der Waals surface area contributed by atoms with Gasteiger partial charge in [0.25, 0.3) is 0 Å². The van der Waals surface area contributed by atoms with Gasteiger partial charge in [-0.3, -0.25) is 14.4 Å². The van der Waals surface area contributed by atoms with Crippen LogP contribution in [0.4, 0.5) is 0 Å². The summed E-state index contributed by atoms with van der Waals surface area (Å²) in [5.74, 6) is -0.342. The third-order valence-electron chi connectivity index (χ3n) is 5.51. The predicted molar refractivity (Wildman–Crippen MR) is 90.2 cm³/mol. The van der Waals surface area contributed by atoms with Crippen molar-refractivity contribution in [2.75, 3.05) is 20.2 Å². The summed E-state index contributed by atoms with van der Waals surface area (Å²) in [4.78, 5) is 37.8. The first-order chi connectivity index (χ1) is 11.5. The molecule has 0 bridgehead atoms. The van der Waals surface area contributed by atoms with Crippen LogP contribution in [-0.4, -0.2) is 48.9 Å². The van der Waals surface area contributed by atoms with Crippen LogP contribution in [0.15, 0.2) is 0 Å². The lowest BCUT2D eigenvalue weighted by Crippen LogP contribution is -2.53. The topological polar surface area (TPSA) is 75.7 Å². The number of hydrogen-bond donors (Lipinski definition) is 1. The van der Waals surface area contributed by atoms with Gasteiger partial charge in [0.1, 0.15) is 6.04 Å². The average molecular weight is 338 g/mol. The zero-order valence-electron chi connectivity index (χ0n) is 14.9. The summed E-state index contributed by atoms with van der Waals surface area (Å²) < 4.78 is 4.85. The standard InChI is InChI=1S/C18H30N2O4/c1-14(21)20-11-7-4-8-15(20)17(23)19-13-18(12-16(22)24-2)9-5-3-6-10-18/h15H,3-13H2,1-2H3,(H,19,23). The zero-order valence-corrected chi connectivity index (χ0v) is 14.9. The van der Waals surface area contributed by atoms with E-state index in [-0.39, 0.29) is 29.2 Å². The van der Waals surface area contributed by atoms with Crippen molar-refractivity contribution in [1.29, 1.82) is 0 Å². The number of nitrogens with zero attached hydrogens (tertiary/aromatic N) is 1. The van der Waals surface area contributed by atoms with Crippen molar-refractivity contribution >= 4 is 17.8 Å². The molecule has 1 saturated carbocycles. The van der Waals surface area contributed by atoms with E-state index in [2.05, 4.69) is 5.32 Å². The highest BCUT2D eigenvalue weighted by molar-refractivity contribution is 5.87. The highest BCUT2D eigenvalue weighted by atomic mass is 16.5. The van der Waals surface area contributed by atoms with E-state index in [1.807, 2.05) is 0 Å². The van der Waals surface area contributed by atoms with Crippen LogP contribution in [0.3, 0.4) is 0 Å². The van der Waals surface area contributed by atoms with E-state index < -0.39 is 0 Å². The molecule has 2 rings (SSSR count). The lowest BCUT2D eigenvalue weighted by Gasteiger charge is -2.38. The average Bonchev–Trinajstić information content (AvgIpc) is 2.60. The van der Waals surface area contributed by atoms with Crippen LogP contribution in [0.25, 0.3) is 0 Å². The Kier molecular flexibility index (Phi) is 6.63. The monoisotopic (exact) mass is 338 g/mol. The van der Waals surface area contributed by atoms with Gasteiger partial charge < -0.3 is 15.0 Å². The Balaban J connectivity index is 1.98. The minimum Gasteiger partial charge on any atom is -0.469 e. The molecule has 1 aliphatic carbocycles. The number of carbonyl (C=O) groups is 3. The number of likely N-dealkylation sites (tertiary alicyclic amines) is 1. The second kappa shape index (κ2) is 8.49. The molecule has 2 amide bonds. The van der Waals surface area contributed by atoms with E-state index in [1.54, 1.807) is 4.90 Å². The lowest BCUT2D eigenvalue weighted by molar-refractivity contribution is -0.144. The second-order valence-electron chi connectivity index (χ2n) is 7.26. The number of rotatable bonds is 5. The van der Waals surface area contributed by atoms with Crippen LogP contribution in [-0.2, 0) is 19.1 Å². The highest BCUT2D eigenvalue weighted by Crippen LogP contribution is 2.39. The quantitative estimate of drug-likeness (QED) is 0.778.